The Kier molecular flexibility index (Phi) is 3.21. The van der Waals surface area contributed by atoms with E-state index in [1.807, 2.05) is 31.2 Å². The first-order valence-corrected chi connectivity index (χ1v) is 6.65. The zero-order valence-electron chi connectivity index (χ0n) is 10.8. The molecule has 1 aliphatic rings. The molecule has 2 heterocycles. The van der Waals surface area contributed by atoms with E-state index in [1.54, 1.807) is 0 Å². The molecule has 0 radical (unpaired) electrons. The molecular weight excluding hydrogens is 242 g/mol. The number of hydrogen-bond acceptors (Lipinski definition) is 3. The molecule has 1 aromatic carbocycles. The quantitative estimate of drug-likeness (QED) is 0.889. The van der Waals surface area contributed by atoms with Crippen molar-refractivity contribution >= 4 is 22.6 Å². The number of rotatable bonds is 3. The molecular formula is C14H17N3O2. The summed E-state index contributed by atoms with van der Waals surface area (Å²) < 4.78 is 5.55. The molecule has 0 bridgehead atoms. The summed E-state index contributed by atoms with van der Waals surface area (Å²) in [6.07, 6.45) is 1.68. The highest BCUT2D eigenvalue weighted by Gasteiger charge is 2.33. The fourth-order valence-corrected chi connectivity index (χ4v) is 2.62. The van der Waals surface area contributed by atoms with Crippen LogP contribution in [-0.2, 0) is 9.53 Å². The van der Waals surface area contributed by atoms with E-state index in [1.165, 1.54) is 0 Å². The van der Waals surface area contributed by atoms with Gasteiger partial charge in [-0.3, -0.25) is 9.89 Å². The Morgan fingerprint density at radius 1 is 1.53 bits per heavy atom. The maximum Gasteiger partial charge on any atom is 0.231 e. The fraction of sp³-hybridized carbons (Fsp3) is 0.429. The van der Waals surface area contributed by atoms with Crippen LogP contribution in [0.2, 0.25) is 0 Å². The lowest BCUT2D eigenvalue weighted by Crippen LogP contribution is -2.29. The zero-order valence-corrected chi connectivity index (χ0v) is 10.8. The van der Waals surface area contributed by atoms with Crippen LogP contribution in [0.15, 0.2) is 24.3 Å². The summed E-state index contributed by atoms with van der Waals surface area (Å²) in [5.74, 6) is 0.532. The van der Waals surface area contributed by atoms with Gasteiger partial charge in [0.1, 0.15) is 0 Å². The van der Waals surface area contributed by atoms with Gasteiger partial charge in [-0.1, -0.05) is 19.1 Å². The molecule has 5 heteroatoms. The molecule has 100 valence electrons. The molecule has 1 aromatic heterocycles. The number of para-hydroxylation sites is 1. The first kappa shape index (κ1) is 12.2. The van der Waals surface area contributed by atoms with Gasteiger partial charge in [-0.15, -0.1) is 0 Å². The van der Waals surface area contributed by atoms with E-state index in [0.29, 0.717) is 12.4 Å². The summed E-state index contributed by atoms with van der Waals surface area (Å²) in [7, 11) is 0. The van der Waals surface area contributed by atoms with Crippen LogP contribution in [0.1, 0.15) is 19.8 Å². The van der Waals surface area contributed by atoms with Crippen LogP contribution in [-0.4, -0.2) is 28.8 Å². The summed E-state index contributed by atoms with van der Waals surface area (Å²) >= 11 is 0. The van der Waals surface area contributed by atoms with Crippen molar-refractivity contribution in [3.05, 3.63) is 24.3 Å². The van der Waals surface area contributed by atoms with Crippen molar-refractivity contribution in [2.24, 2.45) is 5.92 Å². The fourth-order valence-electron chi connectivity index (χ4n) is 2.62. The molecule has 19 heavy (non-hydrogen) atoms. The number of fused-ring (bicyclic) bond motifs is 1. The minimum atomic E-state index is -0.0690. The molecule has 2 unspecified atom stereocenters. The number of nitrogens with zero attached hydrogens (tertiary/aromatic N) is 1. The Morgan fingerprint density at radius 3 is 3.21 bits per heavy atom. The second-order valence-electron chi connectivity index (χ2n) is 4.82. The highest BCUT2D eigenvalue weighted by atomic mass is 16.5. The number of hydrogen-bond donors (Lipinski definition) is 2. The van der Waals surface area contributed by atoms with Gasteiger partial charge in [-0.2, -0.15) is 5.10 Å². The molecule has 2 atom stereocenters. The van der Waals surface area contributed by atoms with Gasteiger partial charge in [0.25, 0.3) is 0 Å². The Bertz CT molecular complexity index is 593. The van der Waals surface area contributed by atoms with Gasteiger partial charge in [0.05, 0.1) is 17.5 Å². The summed E-state index contributed by atoms with van der Waals surface area (Å²) in [6.45, 7) is 2.71. The van der Waals surface area contributed by atoms with Crippen LogP contribution in [0.3, 0.4) is 0 Å². The van der Waals surface area contributed by atoms with E-state index < -0.39 is 0 Å². The Balaban J connectivity index is 1.79. The number of anilines is 1. The molecule has 1 amide bonds. The number of carbonyl (C=O) groups excluding carboxylic acids is 1. The maximum absolute atomic E-state index is 12.3. The topological polar surface area (TPSA) is 67.0 Å². The third-order valence-electron chi connectivity index (χ3n) is 3.66. The van der Waals surface area contributed by atoms with E-state index >= 15 is 0 Å². The van der Waals surface area contributed by atoms with Crippen LogP contribution in [0.25, 0.3) is 10.9 Å². The molecule has 0 saturated carbocycles. The van der Waals surface area contributed by atoms with Crippen molar-refractivity contribution in [1.29, 1.82) is 0 Å². The van der Waals surface area contributed by atoms with Crippen LogP contribution in [0.5, 0.6) is 0 Å². The molecule has 2 N–H and O–H groups in total. The predicted molar refractivity (Wildman–Crippen MR) is 72.9 cm³/mol. The maximum atomic E-state index is 12.3. The summed E-state index contributed by atoms with van der Waals surface area (Å²) in [5.41, 5.74) is 0.924. The first-order valence-electron chi connectivity index (χ1n) is 6.65. The summed E-state index contributed by atoms with van der Waals surface area (Å²) in [6, 6.07) is 7.74. The highest BCUT2D eigenvalue weighted by Crippen LogP contribution is 2.26. The monoisotopic (exact) mass is 259 g/mol. The Labute approximate surface area is 111 Å². The number of nitrogens with one attached hydrogen (secondary N) is 2. The molecule has 2 aromatic rings. The van der Waals surface area contributed by atoms with Gasteiger partial charge in [-0.25, -0.2) is 0 Å². The summed E-state index contributed by atoms with van der Waals surface area (Å²) in [4.78, 5) is 12.3. The molecule has 1 saturated heterocycles. The standard InChI is InChI=1S/C14H17N3O2/c1-2-12-10(7-8-19-12)14(18)15-13-9-5-3-4-6-11(9)16-17-13/h3-6,10,12H,2,7-8H2,1H3,(H2,15,16,17,18). The number of amides is 1. The van der Waals surface area contributed by atoms with E-state index in [2.05, 4.69) is 15.5 Å². The second kappa shape index (κ2) is 5.01. The van der Waals surface area contributed by atoms with Gasteiger partial charge in [0.2, 0.25) is 5.91 Å². The minimum Gasteiger partial charge on any atom is -0.377 e. The van der Waals surface area contributed by atoms with Gasteiger partial charge >= 0.3 is 0 Å². The normalized spacial score (nSPS) is 22.8. The van der Waals surface area contributed by atoms with Gasteiger partial charge in [0, 0.05) is 12.0 Å². The van der Waals surface area contributed by atoms with Crippen LogP contribution in [0, 0.1) is 5.92 Å². The van der Waals surface area contributed by atoms with Crippen molar-refractivity contribution in [1.82, 2.24) is 10.2 Å². The third-order valence-corrected chi connectivity index (χ3v) is 3.66. The lowest BCUT2D eigenvalue weighted by molar-refractivity contribution is -0.121. The largest absolute Gasteiger partial charge is 0.377 e. The van der Waals surface area contributed by atoms with E-state index in [-0.39, 0.29) is 17.9 Å². The van der Waals surface area contributed by atoms with E-state index in [4.69, 9.17) is 4.74 Å². The lowest BCUT2D eigenvalue weighted by atomic mass is 9.99. The number of carbonyl (C=O) groups is 1. The highest BCUT2D eigenvalue weighted by molar-refractivity contribution is 6.00. The number of aromatic amines is 1. The van der Waals surface area contributed by atoms with Crippen LogP contribution in [0.4, 0.5) is 5.82 Å². The molecule has 0 aliphatic carbocycles. The first-order chi connectivity index (χ1) is 9.29. The second-order valence-corrected chi connectivity index (χ2v) is 4.82. The van der Waals surface area contributed by atoms with Gasteiger partial charge in [-0.05, 0) is 25.0 Å². The van der Waals surface area contributed by atoms with Crippen LogP contribution < -0.4 is 5.32 Å². The molecule has 1 aliphatic heterocycles. The number of benzene rings is 1. The van der Waals surface area contributed by atoms with Gasteiger partial charge in [0.15, 0.2) is 5.82 Å². The number of aromatic nitrogens is 2. The van der Waals surface area contributed by atoms with E-state index in [0.717, 1.165) is 23.7 Å². The Hall–Kier alpha value is -1.88. The van der Waals surface area contributed by atoms with Gasteiger partial charge < -0.3 is 10.1 Å². The van der Waals surface area contributed by atoms with Crippen molar-refractivity contribution in [3.63, 3.8) is 0 Å². The van der Waals surface area contributed by atoms with Crippen molar-refractivity contribution in [3.8, 4) is 0 Å². The minimum absolute atomic E-state index is 0.00148. The van der Waals surface area contributed by atoms with Crippen molar-refractivity contribution in [2.75, 3.05) is 11.9 Å². The SMILES string of the molecule is CCC1OCCC1C(=O)Nc1n[nH]c2ccccc12. The zero-order chi connectivity index (χ0) is 13.2. The number of H-pyrrole nitrogens is 1. The van der Waals surface area contributed by atoms with Crippen molar-refractivity contribution < 1.29 is 9.53 Å². The molecule has 5 nitrogen and oxygen atoms in total. The predicted octanol–water partition coefficient (Wildman–Crippen LogP) is 2.32. The average Bonchev–Trinajstić information content (AvgIpc) is 3.05. The van der Waals surface area contributed by atoms with Crippen molar-refractivity contribution in [2.45, 2.75) is 25.9 Å². The Morgan fingerprint density at radius 2 is 2.37 bits per heavy atom. The molecule has 3 rings (SSSR count). The third kappa shape index (κ3) is 2.21. The molecule has 1 fully saturated rings. The smallest absolute Gasteiger partial charge is 0.231 e. The lowest BCUT2D eigenvalue weighted by Gasteiger charge is -2.15. The average molecular weight is 259 g/mol. The van der Waals surface area contributed by atoms with Crippen LogP contribution >= 0.6 is 0 Å². The number of ether oxygens (including phenoxy) is 1. The summed E-state index contributed by atoms with van der Waals surface area (Å²) in [5, 5.41) is 10.9. The molecule has 0 spiro atoms. The van der Waals surface area contributed by atoms with E-state index in [9.17, 15) is 4.79 Å².